The highest BCUT2D eigenvalue weighted by Gasteiger charge is 2.09. The van der Waals surface area contributed by atoms with Gasteiger partial charge in [0.2, 0.25) is 0 Å². The lowest BCUT2D eigenvalue weighted by Gasteiger charge is -2.09. The molecule has 0 aliphatic rings. The van der Waals surface area contributed by atoms with Gasteiger partial charge in [0.25, 0.3) is 0 Å². The minimum atomic E-state index is -0.438. The standard InChI is InChI=1S/C31H40O8/c1-3-30(32)38-24-12-8-7-11-22-36-27-15-13-26(14-16-27)31(33)39-29-19-17-28(18-20-29)37-23-10-6-5-9-21-35-25-34-4-2/h3-4,13-20H,1-2,5-12,21-25H2. The highest BCUT2D eigenvalue weighted by atomic mass is 16.7. The van der Waals surface area contributed by atoms with E-state index >= 15 is 0 Å². The number of hydrogen-bond donors (Lipinski definition) is 0. The van der Waals surface area contributed by atoms with Crippen molar-refractivity contribution < 1.29 is 38.0 Å². The Kier molecular flexibility index (Phi) is 16.3. The van der Waals surface area contributed by atoms with Crippen molar-refractivity contribution in [3.05, 3.63) is 79.6 Å². The molecule has 0 heterocycles. The lowest BCUT2D eigenvalue weighted by Crippen LogP contribution is -2.08. The van der Waals surface area contributed by atoms with Gasteiger partial charge in [0.05, 0.1) is 38.3 Å². The van der Waals surface area contributed by atoms with Gasteiger partial charge in [-0.05, 0) is 93.5 Å². The van der Waals surface area contributed by atoms with Crippen LogP contribution < -0.4 is 14.2 Å². The lowest BCUT2D eigenvalue weighted by molar-refractivity contribution is -0.137. The lowest BCUT2D eigenvalue weighted by atomic mass is 10.2. The van der Waals surface area contributed by atoms with Crippen molar-refractivity contribution in [2.24, 2.45) is 0 Å². The Morgan fingerprint density at radius 1 is 0.641 bits per heavy atom. The monoisotopic (exact) mass is 540 g/mol. The number of ether oxygens (including phenoxy) is 6. The molecule has 0 aliphatic heterocycles. The Morgan fingerprint density at radius 3 is 1.72 bits per heavy atom. The average molecular weight is 541 g/mol. The van der Waals surface area contributed by atoms with Crippen molar-refractivity contribution >= 4 is 11.9 Å². The van der Waals surface area contributed by atoms with Gasteiger partial charge < -0.3 is 28.4 Å². The molecule has 2 aromatic rings. The van der Waals surface area contributed by atoms with Gasteiger partial charge in [-0.3, -0.25) is 0 Å². The molecule has 0 atom stereocenters. The van der Waals surface area contributed by atoms with Gasteiger partial charge in [0.15, 0.2) is 6.79 Å². The molecule has 8 nitrogen and oxygen atoms in total. The summed E-state index contributed by atoms with van der Waals surface area (Å²) in [6.45, 7) is 9.35. The van der Waals surface area contributed by atoms with E-state index in [0.717, 1.165) is 57.1 Å². The van der Waals surface area contributed by atoms with Crippen molar-refractivity contribution in [2.75, 3.05) is 33.2 Å². The number of carbonyl (C=O) groups excluding carboxylic acids is 2. The molecule has 8 heteroatoms. The van der Waals surface area contributed by atoms with Crippen LogP contribution in [0.2, 0.25) is 0 Å². The summed E-state index contributed by atoms with van der Waals surface area (Å²) in [4.78, 5) is 23.4. The summed E-state index contributed by atoms with van der Waals surface area (Å²) < 4.78 is 32.1. The Bertz CT molecular complexity index is 969. The fourth-order valence-electron chi connectivity index (χ4n) is 3.44. The van der Waals surface area contributed by atoms with E-state index < -0.39 is 5.97 Å². The van der Waals surface area contributed by atoms with E-state index in [-0.39, 0.29) is 12.8 Å². The van der Waals surface area contributed by atoms with Crippen LogP contribution in [0.1, 0.15) is 61.7 Å². The van der Waals surface area contributed by atoms with Gasteiger partial charge in [-0.15, -0.1) is 0 Å². The van der Waals surface area contributed by atoms with Gasteiger partial charge in [0, 0.05) is 6.08 Å². The van der Waals surface area contributed by atoms with E-state index in [2.05, 4.69) is 13.2 Å². The smallest absolute Gasteiger partial charge is 0.343 e. The van der Waals surface area contributed by atoms with Crippen LogP contribution in [0, 0.1) is 0 Å². The second kappa shape index (κ2) is 20.2. The highest BCUT2D eigenvalue weighted by molar-refractivity contribution is 5.91. The van der Waals surface area contributed by atoms with Gasteiger partial charge in [-0.1, -0.05) is 19.6 Å². The molecule has 0 unspecified atom stereocenters. The molecule has 0 saturated heterocycles. The van der Waals surface area contributed by atoms with E-state index in [0.29, 0.717) is 43.5 Å². The van der Waals surface area contributed by atoms with Crippen LogP contribution in [0.5, 0.6) is 17.2 Å². The molecule has 0 radical (unpaired) electrons. The number of hydrogen-bond acceptors (Lipinski definition) is 8. The van der Waals surface area contributed by atoms with Crippen molar-refractivity contribution in [1.82, 2.24) is 0 Å². The van der Waals surface area contributed by atoms with Gasteiger partial charge in [-0.2, -0.15) is 0 Å². The van der Waals surface area contributed by atoms with Crippen LogP contribution in [-0.2, 0) is 19.0 Å². The first kappa shape index (κ1) is 31.4. The maximum Gasteiger partial charge on any atom is 0.343 e. The zero-order valence-corrected chi connectivity index (χ0v) is 22.6. The minimum absolute atomic E-state index is 0.251. The molecular formula is C31H40O8. The van der Waals surface area contributed by atoms with Gasteiger partial charge in [0.1, 0.15) is 17.2 Å². The SMILES string of the molecule is C=COCOCCCCCCOc1ccc(OC(=O)c2ccc(OCCCCCCOC(=O)C=C)cc2)cc1. The molecule has 0 fully saturated rings. The van der Waals surface area contributed by atoms with Gasteiger partial charge in [-0.25, -0.2) is 9.59 Å². The van der Waals surface area contributed by atoms with E-state index in [9.17, 15) is 9.59 Å². The topological polar surface area (TPSA) is 89.5 Å². The minimum Gasteiger partial charge on any atom is -0.494 e. The molecule has 2 aromatic carbocycles. The molecule has 0 spiro atoms. The first-order valence-electron chi connectivity index (χ1n) is 13.4. The number of benzene rings is 2. The van der Waals surface area contributed by atoms with Crippen LogP contribution in [0.25, 0.3) is 0 Å². The average Bonchev–Trinajstić information content (AvgIpc) is 2.96. The molecule has 212 valence electrons. The van der Waals surface area contributed by atoms with E-state index in [1.165, 1.54) is 12.3 Å². The summed E-state index contributed by atoms with van der Waals surface area (Å²) in [5, 5.41) is 0. The fourth-order valence-corrected chi connectivity index (χ4v) is 3.44. The molecular weight excluding hydrogens is 500 g/mol. The molecule has 0 bridgehead atoms. The summed E-state index contributed by atoms with van der Waals surface area (Å²) in [5.41, 5.74) is 0.440. The molecule has 0 aromatic heterocycles. The van der Waals surface area contributed by atoms with Crippen LogP contribution >= 0.6 is 0 Å². The Labute approximate surface area is 231 Å². The maximum atomic E-state index is 12.5. The second-order valence-corrected chi connectivity index (χ2v) is 8.64. The zero-order chi connectivity index (χ0) is 28.0. The number of carbonyl (C=O) groups is 2. The Hall–Kier alpha value is -3.78. The zero-order valence-electron chi connectivity index (χ0n) is 22.6. The normalized spacial score (nSPS) is 10.4. The van der Waals surface area contributed by atoms with Gasteiger partial charge >= 0.3 is 11.9 Å². The van der Waals surface area contributed by atoms with E-state index in [1.807, 2.05) is 0 Å². The van der Waals surface area contributed by atoms with Crippen LogP contribution in [0.4, 0.5) is 0 Å². The van der Waals surface area contributed by atoms with Crippen LogP contribution in [0.15, 0.2) is 74.0 Å². The summed E-state index contributed by atoms with van der Waals surface area (Å²) in [6, 6.07) is 13.9. The molecule has 0 saturated carbocycles. The molecule has 0 amide bonds. The van der Waals surface area contributed by atoms with Crippen molar-refractivity contribution in [3.63, 3.8) is 0 Å². The summed E-state index contributed by atoms with van der Waals surface area (Å²) in [7, 11) is 0. The second-order valence-electron chi connectivity index (χ2n) is 8.64. The van der Waals surface area contributed by atoms with Crippen molar-refractivity contribution in [2.45, 2.75) is 51.4 Å². The predicted molar refractivity (Wildman–Crippen MR) is 149 cm³/mol. The third kappa shape index (κ3) is 14.7. The van der Waals surface area contributed by atoms with Crippen molar-refractivity contribution in [3.8, 4) is 17.2 Å². The quantitative estimate of drug-likeness (QED) is 0.0410. The molecule has 0 N–H and O–H groups in total. The number of unbranched alkanes of at least 4 members (excludes halogenated alkanes) is 6. The first-order valence-corrected chi connectivity index (χ1v) is 13.4. The summed E-state index contributed by atoms with van der Waals surface area (Å²) >= 11 is 0. The Morgan fingerprint density at radius 2 is 1.15 bits per heavy atom. The molecule has 2 rings (SSSR count). The predicted octanol–water partition coefficient (Wildman–Crippen LogP) is 6.65. The molecule has 0 aliphatic carbocycles. The summed E-state index contributed by atoms with van der Waals surface area (Å²) in [5.74, 6) is 1.05. The number of rotatable bonds is 22. The van der Waals surface area contributed by atoms with E-state index in [4.69, 9.17) is 28.4 Å². The third-order valence-electron chi connectivity index (χ3n) is 5.56. The Balaban J connectivity index is 1.57. The third-order valence-corrected chi connectivity index (χ3v) is 5.56. The van der Waals surface area contributed by atoms with E-state index in [1.54, 1.807) is 48.5 Å². The van der Waals surface area contributed by atoms with Crippen LogP contribution in [0.3, 0.4) is 0 Å². The van der Waals surface area contributed by atoms with Crippen molar-refractivity contribution in [1.29, 1.82) is 0 Å². The first-order chi connectivity index (χ1) is 19.1. The highest BCUT2D eigenvalue weighted by Crippen LogP contribution is 2.20. The fraction of sp³-hybridized carbons (Fsp3) is 0.419. The number of esters is 2. The van der Waals surface area contributed by atoms with Crippen LogP contribution in [-0.4, -0.2) is 45.2 Å². The molecule has 39 heavy (non-hydrogen) atoms. The largest absolute Gasteiger partial charge is 0.494 e. The summed E-state index contributed by atoms with van der Waals surface area (Å²) in [6.07, 6.45) is 10.2. The maximum absolute atomic E-state index is 12.5.